The van der Waals surface area contributed by atoms with Gasteiger partial charge in [0.1, 0.15) is 36.9 Å². The fourth-order valence-corrected chi connectivity index (χ4v) is 4.99. The Morgan fingerprint density at radius 1 is 0.564 bits per heavy atom. The number of carbonyl (C=O) groups is 3. The highest BCUT2D eigenvalue weighted by Gasteiger charge is 2.13. The predicted molar refractivity (Wildman–Crippen MR) is 203 cm³/mol. The zero-order valence-corrected chi connectivity index (χ0v) is 31.0. The van der Waals surface area contributed by atoms with Crippen molar-refractivity contribution in [3.8, 4) is 17.2 Å². The van der Waals surface area contributed by atoms with Gasteiger partial charge in [-0.25, -0.2) is 0 Å². The van der Waals surface area contributed by atoms with Crippen molar-refractivity contribution in [1.82, 2.24) is 35.8 Å². The van der Waals surface area contributed by atoms with Gasteiger partial charge in [-0.15, -0.1) is 0 Å². The van der Waals surface area contributed by atoms with E-state index in [0.29, 0.717) is 53.4 Å². The molecule has 19 heteroatoms. The van der Waals surface area contributed by atoms with Crippen LogP contribution in [0.15, 0.2) is 33.6 Å². The number of aliphatic hydroxyl groups is 3. The first-order valence-electron chi connectivity index (χ1n) is 17.3. The van der Waals surface area contributed by atoms with Crippen LogP contribution in [0.2, 0.25) is 0 Å². The molecule has 9 N–H and O–H groups in total. The molecule has 3 aromatic heterocycles. The van der Waals surface area contributed by atoms with Crippen LogP contribution < -0.4 is 16.0 Å². The third kappa shape index (κ3) is 13.5. The molecule has 0 aliphatic heterocycles. The molecule has 0 radical (unpaired) electrons. The maximum atomic E-state index is 12.5. The molecule has 3 amide bonds. The number of hydrogen-bond acceptors (Lipinski definition) is 16. The van der Waals surface area contributed by atoms with Crippen LogP contribution in [0.25, 0.3) is 0 Å². The Morgan fingerprint density at radius 3 is 1.09 bits per heavy atom. The minimum atomic E-state index is -0.399. The fraction of sp³-hybridized carbons (Fsp3) is 0.417. The van der Waals surface area contributed by atoms with Gasteiger partial charge in [-0.1, -0.05) is 0 Å². The zero-order chi connectivity index (χ0) is 40.3. The van der Waals surface area contributed by atoms with E-state index in [4.69, 9.17) is 0 Å². The van der Waals surface area contributed by atoms with E-state index in [1.165, 1.54) is 37.2 Å². The first kappa shape index (κ1) is 43.5. The van der Waals surface area contributed by atoms with Crippen molar-refractivity contribution < 1.29 is 45.0 Å². The highest BCUT2D eigenvalue weighted by molar-refractivity contribution is 5.89. The summed E-state index contributed by atoms with van der Waals surface area (Å²) < 4.78 is 0. The van der Waals surface area contributed by atoms with Crippen molar-refractivity contribution in [3.63, 3.8) is 0 Å². The van der Waals surface area contributed by atoms with E-state index in [-0.39, 0.29) is 93.0 Å². The minimum Gasteiger partial charge on any atom is -0.505 e. The van der Waals surface area contributed by atoms with Gasteiger partial charge in [0, 0.05) is 110 Å². The molecule has 3 heterocycles. The summed E-state index contributed by atoms with van der Waals surface area (Å²) in [5.41, 5.74) is 2.96. The maximum Gasteiger partial charge on any atom is 0.241 e. The summed E-state index contributed by atoms with van der Waals surface area (Å²) in [7, 11) is 0. The van der Waals surface area contributed by atoms with Crippen molar-refractivity contribution in [2.24, 2.45) is 15.0 Å². The number of pyridine rings is 3. The van der Waals surface area contributed by atoms with Crippen molar-refractivity contribution in [2.75, 3.05) is 58.9 Å². The van der Waals surface area contributed by atoms with Crippen LogP contribution in [0.1, 0.15) is 50.5 Å². The quantitative estimate of drug-likeness (QED) is 0.0571. The average molecular weight is 765 g/mol. The summed E-state index contributed by atoms with van der Waals surface area (Å²) in [5, 5.41) is 67.7. The number of aliphatic imine (C=N–C) groups is 3. The Bertz CT molecular complexity index is 1670. The fourth-order valence-electron chi connectivity index (χ4n) is 4.99. The van der Waals surface area contributed by atoms with Gasteiger partial charge >= 0.3 is 0 Å². The standard InChI is InChI=1S/C36H48N10O9/c1-22-34(53)28(25(19-47)10-43-22)13-37-16-31(50)40-4-7-46(8-5-41-32(51)17-38-14-29-26(20-48)11-44-23(2)35(29)54)9-6-42-33(52)18-39-15-30-27(21-49)12-45-24(3)36(30)55/h10-15,47-49,53-55H,4-9,16-21H2,1-3H3,(H,40,50)(H,41,51)(H,42,52). The topological polar surface area (TPSA) is 288 Å². The summed E-state index contributed by atoms with van der Waals surface area (Å²) in [6.45, 7) is 4.60. The van der Waals surface area contributed by atoms with Gasteiger partial charge < -0.3 is 46.6 Å². The first-order valence-corrected chi connectivity index (χ1v) is 17.3. The molecule has 0 spiro atoms. The lowest BCUT2D eigenvalue weighted by atomic mass is 10.1. The van der Waals surface area contributed by atoms with Crippen LogP contribution in [-0.4, -0.2) is 146 Å². The highest BCUT2D eigenvalue weighted by Crippen LogP contribution is 2.23. The van der Waals surface area contributed by atoms with Crippen molar-refractivity contribution >= 4 is 36.4 Å². The van der Waals surface area contributed by atoms with Gasteiger partial charge in [0.15, 0.2) is 0 Å². The number of hydrogen-bond donors (Lipinski definition) is 9. The summed E-state index contributed by atoms with van der Waals surface area (Å²) in [4.78, 5) is 63.7. The zero-order valence-electron chi connectivity index (χ0n) is 31.0. The van der Waals surface area contributed by atoms with Crippen LogP contribution in [0.3, 0.4) is 0 Å². The van der Waals surface area contributed by atoms with E-state index in [1.807, 2.05) is 4.90 Å². The third-order valence-corrected chi connectivity index (χ3v) is 8.20. The number of nitrogens with zero attached hydrogens (tertiary/aromatic N) is 7. The number of amides is 3. The molecule has 0 aliphatic rings. The molecule has 296 valence electrons. The Balaban J connectivity index is 1.54. The van der Waals surface area contributed by atoms with Crippen LogP contribution in [0.4, 0.5) is 0 Å². The minimum absolute atomic E-state index is 0.137. The number of carbonyl (C=O) groups excluding carboxylic acids is 3. The van der Waals surface area contributed by atoms with Crippen molar-refractivity contribution in [1.29, 1.82) is 0 Å². The molecule has 0 aromatic carbocycles. The Kier molecular flexibility index (Phi) is 17.7. The smallest absolute Gasteiger partial charge is 0.241 e. The molecular formula is C36H48N10O9. The second-order valence-electron chi connectivity index (χ2n) is 12.2. The third-order valence-electron chi connectivity index (χ3n) is 8.20. The monoisotopic (exact) mass is 764 g/mol. The van der Waals surface area contributed by atoms with Crippen LogP contribution in [-0.2, 0) is 34.2 Å². The van der Waals surface area contributed by atoms with E-state index < -0.39 is 17.7 Å². The van der Waals surface area contributed by atoms with Gasteiger partial charge in [-0.3, -0.25) is 49.2 Å². The molecule has 0 unspecified atom stereocenters. The van der Waals surface area contributed by atoms with Crippen molar-refractivity contribution in [3.05, 3.63) is 69.1 Å². The molecule has 3 rings (SSSR count). The van der Waals surface area contributed by atoms with E-state index in [9.17, 15) is 45.0 Å². The second-order valence-corrected chi connectivity index (χ2v) is 12.2. The maximum absolute atomic E-state index is 12.5. The molecular weight excluding hydrogens is 716 g/mol. The molecule has 0 fully saturated rings. The van der Waals surface area contributed by atoms with Gasteiger partial charge in [0.25, 0.3) is 0 Å². The summed E-state index contributed by atoms with van der Waals surface area (Å²) >= 11 is 0. The van der Waals surface area contributed by atoms with Crippen molar-refractivity contribution in [2.45, 2.75) is 40.6 Å². The van der Waals surface area contributed by atoms with Gasteiger partial charge in [-0.2, -0.15) is 0 Å². The van der Waals surface area contributed by atoms with E-state index in [0.717, 1.165) is 0 Å². The number of nitrogens with one attached hydrogen (secondary N) is 3. The summed E-state index contributed by atoms with van der Waals surface area (Å²) in [6.07, 6.45) is 8.17. The molecule has 55 heavy (non-hydrogen) atoms. The Hall–Kier alpha value is -5.89. The Morgan fingerprint density at radius 2 is 0.836 bits per heavy atom. The van der Waals surface area contributed by atoms with Gasteiger partial charge in [0.2, 0.25) is 17.7 Å². The number of aromatic nitrogens is 3. The number of aryl methyl sites for hydroxylation is 3. The van der Waals surface area contributed by atoms with E-state index in [1.54, 1.807) is 20.8 Å². The number of rotatable bonds is 21. The van der Waals surface area contributed by atoms with Crippen LogP contribution in [0.5, 0.6) is 17.2 Å². The lowest BCUT2D eigenvalue weighted by molar-refractivity contribution is -0.120. The molecule has 19 nitrogen and oxygen atoms in total. The lowest BCUT2D eigenvalue weighted by Gasteiger charge is -2.22. The predicted octanol–water partition coefficient (Wildman–Crippen LogP) is -1.30. The number of aromatic hydroxyl groups is 3. The second kappa shape index (κ2) is 22.4. The first-order chi connectivity index (χ1) is 26.4. The summed E-state index contributed by atoms with van der Waals surface area (Å²) in [5.74, 6) is -1.61. The van der Waals surface area contributed by atoms with Gasteiger partial charge in [0.05, 0.1) is 36.9 Å². The largest absolute Gasteiger partial charge is 0.505 e. The Labute approximate surface area is 317 Å². The van der Waals surface area contributed by atoms with E-state index in [2.05, 4.69) is 45.9 Å². The van der Waals surface area contributed by atoms with Gasteiger partial charge in [-0.05, 0) is 20.8 Å². The average Bonchev–Trinajstić information content (AvgIpc) is 3.16. The number of aliphatic hydroxyl groups excluding tert-OH is 3. The molecule has 0 saturated heterocycles. The molecule has 0 bridgehead atoms. The normalized spacial score (nSPS) is 11.6. The highest BCUT2D eigenvalue weighted by atomic mass is 16.3. The SMILES string of the molecule is Cc1ncc(CO)c(C=NCC(=O)NCCN(CCNC(=O)CN=Cc2c(CO)cnc(C)c2O)CCNC(=O)CN=Cc2c(CO)cnc(C)c2O)c1O. The lowest BCUT2D eigenvalue weighted by Crippen LogP contribution is -2.43. The molecule has 0 atom stereocenters. The van der Waals surface area contributed by atoms with E-state index >= 15 is 0 Å². The molecule has 3 aromatic rings. The molecule has 0 saturated carbocycles. The van der Waals surface area contributed by atoms with Crippen LogP contribution >= 0.6 is 0 Å². The molecule has 0 aliphatic carbocycles. The van der Waals surface area contributed by atoms with Crippen LogP contribution in [0, 0.1) is 20.8 Å². The summed E-state index contributed by atoms with van der Waals surface area (Å²) in [6, 6.07) is 0.